The Morgan fingerprint density at radius 3 is 2.48 bits per heavy atom. The third kappa shape index (κ3) is 3.75. The van der Waals surface area contributed by atoms with E-state index in [1.54, 1.807) is 24.3 Å². The second-order valence-electron chi connectivity index (χ2n) is 5.75. The Morgan fingerprint density at radius 1 is 1.08 bits per heavy atom. The van der Waals surface area contributed by atoms with Crippen LogP contribution >= 0.6 is 0 Å². The molecule has 0 bridgehead atoms. The summed E-state index contributed by atoms with van der Waals surface area (Å²) in [7, 11) is 0. The fraction of sp³-hybridized carbons (Fsp3) is 0.211. The van der Waals surface area contributed by atoms with E-state index in [4.69, 9.17) is 5.11 Å². The lowest BCUT2D eigenvalue weighted by molar-refractivity contribution is 0.0928. The van der Waals surface area contributed by atoms with Crippen LogP contribution in [-0.2, 0) is 0 Å². The Bertz CT molecular complexity index is 922. The van der Waals surface area contributed by atoms with E-state index in [2.05, 4.69) is 15.5 Å². The van der Waals surface area contributed by atoms with Crippen LogP contribution in [0.4, 0.5) is 0 Å². The van der Waals surface area contributed by atoms with E-state index in [1.807, 2.05) is 30.3 Å². The number of hydrogen-bond acceptors (Lipinski definition) is 4. The number of carbonyl (C=O) groups excluding carboxylic acids is 1. The lowest BCUT2D eigenvalue weighted by atomic mass is 10.0. The van der Waals surface area contributed by atoms with Gasteiger partial charge in [-0.15, -0.1) is 0 Å². The second-order valence-corrected chi connectivity index (χ2v) is 5.75. The first-order chi connectivity index (χ1) is 12.2. The SMILES string of the molecule is O=C(NC(CCCO)c1ccccc1)c1n[nH]c(=O)c2ccccc12. The number of aromatic nitrogens is 2. The summed E-state index contributed by atoms with van der Waals surface area (Å²) in [4.78, 5) is 24.6. The van der Waals surface area contributed by atoms with Gasteiger partial charge in [-0.3, -0.25) is 9.59 Å². The molecule has 3 aromatic rings. The summed E-state index contributed by atoms with van der Waals surface area (Å²) >= 11 is 0. The fourth-order valence-electron chi connectivity index (χ4n) is 2.82. The molecule has 1 amide bonds. The number of aromatic amines is 1. The molecular formula is C19H19N3O3. The lowest BCUT2D eigenvalue weighted by Gasteiger charge is -2.19. The van der Waals surface area contributed by atoms with Crippen molar-refractivity contribution in [1.82, 2.24) is 15.5 Å². The third-order valence-electron chi connectivity index (χ3n) is 4.07. The molecule has 0 saturated carbocycles. The average molecular weight is 337 g/mol. The first-order valence-corrected chi connectivity index (χ1v) is 8.15. The maximum absolute atomic E-state index is 12.8. The largest absolute Gasteiger partial charge is 0.396 e. The number of nitrogens with one attached hydrogen (secondary N) is 2. The summed E-state index contributed by atoms with van der Waals surface area (Å²) < 4.78 is 0. The van der Waals surface area contributed by atoms with Crippen molar-refractivity contribution in [2.45, 2.75) is 18.9 Å². The minimum absolute atomic E-state index is 0.0546. The maximum Gasteiger partial charge on any atom is 0.272 e. The zero-order chi connectivity index (χ0) is 17.6. The van der Waals surface area contributed by atoms with Crippen molar-refractivity contribution in [3.63, 3.8) is 0 Å². The molecule has 6 nitrogen and oxygen atoms in total. The minimum Gasteiger partial charge on any atom is -0.396 e. The van der Waals surface area contributed by atoms with Crippen LogP contribution in [0.25, 0.3) is 10.8 Å². The van der Waals surface area contributed by atoms with Crippen molar-refractivity contribution in [3.8, 4) is 0 Å². The van der Waals surface area contributed by atoms with E-state index in [-0.39, 0.29) is 29.8 Å². The smallest absolute Gasteiger partial charge is 0.272 e. The zero-order valence-electron chi connectivity index (χ0n) is 13.6. The summed E-state index contributed by atoms with van der Waals surface area (Å²) in [6, 6.07) is 16.2. The van der Waals surface area contributed by atoms with Gasteiger partial charge in [0.1, 0.15) is 0 Å². The molecule has 0 aliphatic carbocycles. The molecule has 0 spiro atoms. The molecule has 1 aromatic heterocycles. The summed E-state index contributed by atoms with van der Waals surface area (Å²) in [6.07, 6.45) is 1.17. The molecule has 0 aliphatic heterocycles. The summed E-state index contributed by atoms with van der Waals surface area (Å²) in [5.74, 6) is -0.362. The van der Waals surface area contributed by atoms with Crippen molar-refractivity contribution in [3.05, 3.63) is 76.2 Å². The average Bonchev–Trinajstić information content (AvgIpc) is 2.66. The van der Waals surface area contributed by atoms with Crippen LogP contribution in [0.2, 0.25) is 0 Å². The predicted octanol–water partition coefficient (Wildman–Crippen LogP) is 2.17. The Labute approximate surface area is 144 Å². The van der Waals surface area contributed by atoms with Gasteiger partial charge in [0, 0.05) is 12.0 Å². The van der Waals surface area contributed by atoms with E-state index in [9.17, 15) is 9.59 Å². The molecule has 1 unspecified atom stereocenters. The first kappa shape index (κ1) is 16.9. The van der Waals surface area contributed by atoms with Gasteiger partial charge in [-0.25, -0.2) is 5.10 Å². The summed E-state index contributed by atoms with van der Waals surface area (Å²) in [5.41, 5.74) is 0.810. The highest BCUT2D eigenvalue weighted by Crippen LogP contribution is 2.20. The number of hydrogen-bond donors (Lipinski definition) is 3. The van der Waals surface area contributed by atoms with Gasteiger partial charge in [0.25, 0.3) is 11.5 Å². The molecule has 0 fully saturated rings. The molecule has 25 heavy (non-hydrogen) atoms. The number of fused-ring (bicyclic) bond motifs is 1. The molecule has 0 aliphatic rings. The highest BCUT2D eigenvalue weighted by Gasteiger charge is 2.19. The standard InChI is InChI=1S/C19H19N3O3/c23-12-6-11-16(13-7-2-1-3-8-13)20-19(25)17-14-9-4-5-10-15(14)18(24)22-21-17/h1-5,7-10,16,23H,6,11-12H2,(H,20,25)(H,22,24). The Balaban J connectivity index is 1.92. The van der Waals surface area contributed by atoms with Crippen LogP contribution in [0.3, 0.4) is 0 Å². The highest BCUT2D eigenvalue weighted by atomic mass is 16.3. The molecule has 1 heterocycles. The first-order valence-electron chi connectivity index (χ1n) is 8.15. The zero-order valence-corrected chi connectivity index (χ0v) is 13.6. The number of carbonyl (C=O) groups is 1. The van der Waals surface area contributed by atoms with Crippen LogP contribution in [0.1, 0.15) is 34.9 Å². The quantitative estimate of drug-likeness (QED) is 0.642. The van der Waals surface area contributed by atoms with Crippen molar-refractivity contribution < 1.29 is 9.90 Å². The van der Waals surface area contributed by atoms with Crippen LogP contribution in [0.15, 0.2) is 59.4 Å². The normalized spacial score (nSPS) is 12.0. The molecule has 0 saturated heterocycles. The predicted molar refractivity (Wildman–Crippen MR) is 95.3 cm³/mol. The molecule has 1 atom stereocenters. The molecule has 6 heteroatoms. The third-order valence-corrected chi connectivity index (χ3v) is 4.07. The van der Waals surface area contributed by atoms with Gasteiger partial charge in [0.05, 0.1) is 11.4 Å². The van der Waals surface area contributed by atoms with Gasteiger partial charge in [-0.05, 0) is 24.5 Å². The lowest BCUT2D eigenvalue weighted by Crippen LogP contribution is -2.30. The number of aliphatic hydroxyl groups is 1. The summed E-state index contributed by atoms with van der Waals surface area (Å²) in [6.45, 7) is 0.0546. The highest BCUT2D eigenvalue weighted by molar-refractivity contribution is 6.04. The van der Waals surface area contributed by atoms with E-state index in [0.717, 1.165) is 5.56 Å². The topological polar surface area (TPSA) is 95.1 Å². The molecular weight excluding hydrogens is 318 g/mol. The van der Waals surface area contributed by atoms with Gasteiger partial charge in [-0.2, -0.15) is 5.10 Å². The fourth-order valence-corrected chi connectivity index (χ4v) is 2.82. The number of amides is 1. The van der Waals surface area contributed by atoms with E-state index in [0.29, 0.717) is 23.6 Å². The molecule has 3 N–H and O–H groups in total. The molecule has 2 aromatic carbocycles. The summed E-state index contributed by atoms with van der Waals surface area (Å²) in [5, 5.41) is 19.3. The number of H-pyrrole nitrogens is 1. The maximum atomic E-state index is 12.8. The van der Waals surface area contributed by atoms with Gasteiger partial charge in [0.2, 0.25) is 0 Å². The molecule has 0 radical (unpaired) electrons. The van der Waals surface area contributed by atoms with Gasteiger partial charge in [-0.1, -0.05) is 48.5 Å². The van der Waals surface area contributed by atoms with Gasteiger partial charge < -0.3 is 10.4 Å². The van der Waals surface area contributed by atoms with E-state index >= 15 is 0 Å². The number of rotatable bonds is 6. The second kappa shape index (κ2) is 7.72. The van der Waals surface area contributed by atoms with Gasteiger partial charge in [0.15, 0.2) is 5.69 Å². The minimum atomic E-state index is -0.362. The van der Waals surface area contributed by atoms with E-state index < -0.39 is 0 Å². The number of aliphatic hydroxyl groups excluding tert-OH is 1. The van der Waals surface area contributed by atoms with Crippen LogP contribution in [0, 0.1) is 0 Å². The van der Waals surface area contributed by atoms with Crippen molar-refractivity contribution in [2.75, 3.05) is 6.61 Å². The van der Waals surface area contributed by atoms with Crippen LogP contribution in [-0.4, -0.2) is 27.8 Å². The van der Waals surface area contributed by atoms with Gasteiger partial charge >= 0.3 is 0 Å². The Morgan fingerprint density at radius 2 is 1.76 bits per heavy atom. The van der Waals surface area contributed by atoms with Crippen molar-refractivity contribution in [2.24, 2.45) is 0 Å². The molecule has 3 rings (SSSR count). The van der Waals surface area contributed by atoms with Crippen LogP contribution < -0.4 is 10.9 Å². The monoisotopic (exact) mass is 337 g/mol. The Kier molecular flexibility index (Phi) is 5.20. The van der Waals surface area contributed by atoms with Crippen molar-refractivity contribution in [1.29, 1.82) is 0 Å². The van der Waals surface area contributed by atoms with Crippen LogP contribution in [0.5, 0.6) is 0 Å². The van der Waals surface area contributed by atoms with E-state index in [1.165, 1.54) is 0 Å². The number of nitrogens with zero attached hydrogens (tertiary/aromatic N) is 1. The number of benzene rings is 2. The molecule has 128 valence electrons. The Hall–Kier alpha value is -2.99. The van der Waals surface area contributed by atoms with Crippen molar-refractivity contribution >= 4 is 16.7 Å².